The van der Waals surface area contributed by atoms with Crippen molar-refractivity contribution in [1.29, 1.82) is 0 Å². The van der Waals surface area contributed by atoms with Crippen molar-refractivity contribution in [2.24, 2.45) is 5.92 Å². The molecule has 1 N–H and O–H groups in total. The fourth-order valence-corrected chi connectivity index (χ4v) is 2.95. The summed E-state index contributed by atoms with van der Waals surface area (Å²) in [6.07, 6.45) is 3.88. The maximum absolute atomic E-state index is 12.3. The van der Waals surface area contributed by atoms with Gasteiger partial charge in [0.15, 0.2) is 0 Å². The number of nitrogens with zero attached hydrogens (tertiary/aromatic N) is 2. The number of hydrogen-bond acceptors (Lipinski definition) is 3. The molecule has 2 aromatic rings. The summed E-state index contributed by atoms with van der Waals surface area (Å²) in [7, 11) is 1.73. The van der Waals surface area contributed by atoms with E-state index >= 15 is 0 Å². The minimum Gasteiger partial charge on any atom is -0.349 e. The molecule has 0 bridgehead atoms. The van der Waals surface area contributed by atoms with Gasteiger partial charge in [-0.15, -0.1) is 0 Å². The molecular weight excluding hydrogens is 302 g/mol. The van der Waals surface area contributed by atoms with Gasteiger partial charge in [0.2, 0.25) is 11.8 Å². The van der Waals surface area contributed by atoms with Gasteiger partial charge in [-0.1, -0.05) is 30.3 Å². The Kier molecular flexibility index (Phi) is 4.60. The Balaban J connectivity index is 1.64. The molecule has 2 atom stereocenters. The van der Waals surface area contributed by atoms with Gasteiger partial charge in [-0.05, 0) is 29.7 Å². The van der Waals surface area contributed by atoms with Gasteiger partial charge in [0.05, 0.1) is 12.0 Å². The van der Waals surface area contributed by atoms with E-state index < -0.39 is 0 Å². The molecule has 1 aliphatic rings. The third-order valence-electron chi connectivity index (χ3n) is 4.48. The van der Waals surface area contributed by atoms with Crippen LogP contribution in [0.5, 0.6) is 0 Å². The van der Waals surface area contributed by atoms with Crippen molar-refractivity contribution >= 4 is 11.8 Å². The highest BCUT2D eigenvalue weighted by molar-refractivity contribution is 5.89. The van der Waals surface area contributed by atoms with E-state index in [1.165, 1.54) is 0 Å². The predicted molar refractivity (Wildman–Crippen MR) is 92.0 cm³/mol. The number of carbonyl (C=O) groups excluding carboxylic acids is 2. The fourth-order valence-electron chi connectivity index (χ4n) is 2.95. The molecular formula is C19H21N3O2. The van der Waals surface area contributed by atoms with Crippen LogP contribution in [0.25, 0.3) is 11.1 Å². The molecule has 0 saturated carbocycles. The van der Waals surface area contributed by atoms with Crippen molar-refractivity contribution in [3.63, 3.8) is 0 Å². The molecule has 1 aliphatic heterocycles. The maximum atomic E-state index is 12.3. The van der Waals surface area contributed by atoms with Crippen LogP contribution >= 0.6 is 0 Å². The SMILES string of the molecule is C[C@@H](NC(=O)[C@H]1CC(=O)N(C)C1)c1ccc(-c2cccnc2)cc1. The second-order valence-corrected chi connectivity index (χ2v) is 6.27. The summed E-state index contributed by atoms with van der Waals surface area (Å²) in [4.78, 5) is 29.6. The van der Waals surface area contributed by atoms with Crippen LogP contribution in [-0.2, 0) is 9.59 Å². The Hall–Kier alpha value is -2.69. The summed E-state index contributed by atoms with van der Waals surface area (Å²) >= 11 is 0. The Morgan fingerprint density at radius 1 is 1.25 bits per heavy atom. The lowest BCUT2D eigenvalue weighted by atomic mass is 10.0. The van der Waals surface area contributed by atoms with Crippen molar-refractivity contribution in [3.05, 3.63) is 54.4 Å². The third kappa shape index (κ3) is 3.45. The Labute approximate surface area is 141 Å². The Morgan fingerprint density at radius 2 is 2.00 bits per heavy atom. The van der Waals surface area contributed by atoms with E-state index in [0.717, 1.165) is 16.7 Å². The topological polar surface area (TPSA) is 62.3 Å². The minimum absolute atomic E-state index is 0.0311. The molecule has 1 saturated heterocycles. The molecule has 0 unspecified atom stereocenters. The lowest BCUT2D eigenvalue weighted by Crippen LogP contribution is -2.34. The van der Waals surface area contributed by atoms with E-state index in [1.807, 2.05) is 49.5 Å². The lowest BCUT2D eigenvalue weighted by molar-refractivity contribution is -0.128. The minimum atomic E-state index is -0.250. The molecule has 24 heavy (non-hydrogen) atoms. The Bertz CT molecular complexity index is 728. The number of nitrogens with one attached hydrogen (secondary N) is 1. The van der Waals surface area contributed by atoms with E-state index in [2.05, 4.69) is 10.3 Å². The molecule has 1 fully saturated rings. The highest BCUT2D eigenvalue weighted by Crippen LogP contribution is 2.22. The molecule has 5 nitrogen and oxygen atoms in total. The van der Waals surface area contributed by atoms with Gasteiger partial charge in [0.1, 0.15) is 0 Å². The van der Waals surface area contributed by atoms with Crippen molar-refractivity contribution in [2.75, 3.05) is 13.6 Å². The van der Waals surface area contributed by atoms with Crippen LogP contribution in [0.4, 0.5) is 0 Å². The second-order valence-electron chi connectivity index (χ2n) is 6.27. The van der Waals surface area contributed by atoms with Gasteiger partial charge in [0, 0.05) is 32.4 Å². The van der Waals surface area contributed by atoms with Gasteiger partial charge in [-0.2, -0.15) is 0 Å². The zero-order valence-corrected chi connectivity index (χ0v) is 13.9. The van der Waals surface area contributed by atoms with E-state index in [0.29, 0.717) is 13.0 Å². The quantitative estimate of drug-likeness (QED) is 0.940. The van der Waals surface area contributed by atoms with Crippen LogP contribution in [0, 0.1) is 5.92 Å². The highest BCUT2D eigenvalue weighted by atomic mass is 16.2. The standard InChI is InChI=1S/C19H21N3O2/c1-13(21-19(24)17-10-18(23)22(2)12-17)14-5-7-15(8-6-14)16-4-3-9-20-11-16/h3-9,11,13,17H,10,12H2,1-2H3,(H,21,24)/t13-,17+/m1/s1. The molecule has 2 amide bonds. The predicted octanol–water partition coefficient (Wildman–Crippen LogP) is 2.40. The van der Waals surface area contributed by atoms with E-state index in [9.17, 15) is 9.59 Å². The molecule has 0 radical (unpaired) electrons. The zero-order chi connectivity index (χ0) is 17.1. The molecule has 5 heteroatoms. The number of hydrogen-bond donors (Lipinski definition) is 1. The summed E-state index contributed by atoms with van der Waals surface area (Å²) in [6, 6.07) is 11.9. The van der Waals surface area contributed by atoms with Crippen molar-refractivity contribution < 1.29 is 9.59 Å². The molecule has 1 aromatic heterocycles. The molecule has 3 rings (SSSR count). The van der Waals surface area contributed by atoms with E-state index in [-0.39, 0.29) is 23.8 Å². The highest BCUT2D eigenvalue weighted by Gasteiger charge is 2.32. The number of likely N-dealkylation sites (tertiary alicyclic amines) is 1. The fraction of sp³-hybridized carbons (Fsp3) is 0.316. The first-order chi connectivity index (χ1) is 11.5. The number of amides is 2. The van der Waals surface area contributed by atoms with E-state index in [4.69, 9.17) is 0 Å². The number of benzene rings is 1. The first-order valence-corrected chi connectivity index (χ1v) is 8.09. The summed E-state index contributed by atoms with van der Waals surface area (Å²) in [5, 5.41) is 3.01. The summed E-state index contributed by atoms with van der Waals surface area (Å²) < 4.78 is 0. The largest absolute Gasteiger partial charge is 0.349 e. The first-order valence-electron chi connectivity index (χ1n) is 8.09. The van der Waals surface area contributed by atoms with Gasteiger partial charge in [-0.3, -0.25) is 14.6 Å². The molecule has 1 aromatic carbocycles. The van der Waals surface area contributed by atoms with Crippen molar-refractivity contribution in [3.8, 4) is 11.1 Å². The first kappa shape index (κ1) is 16.2. The van der Waals surface area contributed by atoms with Crippen molar-refractivity contribution in [1.82, 2.24) is 15.2 Å². The van der Waals surface area contributed by atoms with Crippen LogP contribution < -0.4 is 5.32 Å². The molecule has 2 heterocycles. The monoisotopic (exact) mass is 323 g/mol. The second kappa shape index (κ2) is 6.83. The number of aromatic nitrogens is 1. The number of carbonyl (C=O) groups is 2. The van der Waals surface area contributed by atoms with Gasteiger partial charge < -0.3 is 10.2 Å². The van der Waals surface area contributed by atoms with Crippen LogP contribution in [0.1, 0.15) is 24.9 Å². The third-order valence-corrected chi connectivity index (χ3v) is 4.48. The summed E-state index contributed by atoms with van der Waals surface area (Å²) in [5.74, 6) is -0.278. The van der Waals surface area contributed by atoms with Crippen LogP contribution in [0.15, 0.2) is 48.8 Å². The average Bonchev–Trinajstić information content (AvgIpc) is 2.95. The molecule has 0 aliphatic carbocycles. The molecule has 0 spiro atoms. The van der Waals surface area contributed by atoms with E-state index in [1.54, 1.807) is 18.1 Å². The Morgan fingerprint density at radius 3 is 2.58 bits per heavy atom. The van der Waals surface area contributed by atoms with Gasteiger partial charge in [0.25, 0.3) is 0 Å². The normalized spacial score (nSPS) is 18.5. The number of pyridine rings is 1. The maximum Gasteiger partial charge on any atom is 0.225 e. The average molecular weight is 323 g/mol. The summed E-state index contributed by atoms with van der Waals surface area (Å²) in [6.45, 7) is 2.45. The smallest absolute Gasteiger partial charge is 0.225 e. The lowest BCUT2D eigenvalue weighted by Gasteiger charge is -2.17. The van der Waals surface area contributed by atoms with Gasteiger partial charge >= 0.3 is 0 Å². The van der Waals surface area contributed by atoms with Crippen LogP contribution in [0.3, 0.4) is 0 Å². The number of rotatable bonds is 4. The zero-order valence-electron chi connectivity index (χ0n) is 13.9. The molecule has 124 valence electrons. The van der Waals surface area contributed by atoms with Crippen molar-refractivity contribution in [2.45, 2.75) is 19.4 Å². The van der Waals surface area contributed by atoms with Crippen LogP contribution in [-0.4, -0.2) is 35.3 Å². The summed E-state index contributed by atoms with van der Waals surface area (Å²) in [5.41, 5.74) is 3.19. The van der Waals surface area contributed by atoms with Crippen LogP contribution in [0.2, 0.25) is 0 Å². The van der Waals surface area contributed by atoms with Gasteiger partial charge in [-0.25, -0.2) is 0 Å².